The van der Waals surface area contributed by atoms with E-state index in [1.807, 2.05) is 0 Å². The van der Waals surface area contributed by atoms with Gasteiger partial charge < -0.3 is 10.2 Å². The van der Waals surface area contributed by atoms with Gasteiger partial charge in [0, 0.05) is 18.8 Å². The minimum absolute atomic E-state index is 0.0651. The van der Waals surface area contributed by atoms with E-state index in [2.05, 4.69) is 5.32 Å². The largest absolute Gasteiger partial charge is 0.333 e. The number of carbonyl (C=O) groups excluding carboxylic acids is 2. The molecule has 108 valence electrons. The summed E-state index contributed by atoms with van der Waals surface area (Å²) < 4.78 is 22.8. The molecule has 2 amide bonds. The van der Waals surface area contributed by atoms with Gasteiger partial charge in [-0.1, -0.05) is 18.2 Å². The Morgan fingerprint density at radius 2 is 1.90 bits per heavy atom. The van der Waals surface area contributed by atoms with E-state index in [4.69, 9.17) is 0 Å². The maximum atomic E-state index is 12.0. The van der Waals surface area contributed by atoms with E-state index < -0.39 is 27.7 Å². The number of rotatable bonds is 2. The molecule has 0 bridgehead atoms. The molecular weight excluding hydrogens is 280 g/mol. The van der Waals surface area contributed by atoms with Gasteiger partial charge in [-0.05, 0) is 18.6 Å². The van der Waals surface area contributed by atoms with Crippen molar-refractivity contribution in [2.45, 2.75) is 12.5 Å². The molecule has 6 nitrogen and oxygen atoms in total. The fraction of sp³-hybridized carbons (Fsp3) is 0.385. The van der Waals surface area contributed by atoms with Crippen molar-refractivity contribution in [3.63, 3.8) is 0 Å². The molecule has 1 N–H and O–H groups in total. The summed E-state index contributed by atoms with van der Waals surface area (Å²) in [7, 11) is -1.63. The summed E-state index contributed by atoms with van der Waals surface area (Å²) in [4.78, 5) is 25.0. The van der Waals surface area contributed by atoms with E-state index >= 15 is 0 Å². The van der Waals surface area contributed by atoms with E-state index in [0.29, 0.717) is 12.1 Å². The Kier molecular flexibility index (Phi) is 4.08. The molecule has 1 aliphatic heterocycles. The van der Waals surface area contributed by atoms with Crippen LogP contribution in [0.2, 0.25) is 0 Å². The van der Waals surface area contributed by atoms with Crippen LogP contribution in [-0.4, -0.2) is 49.7 Å². The van der Waals surface area contributed by atoms with Crippen LogP contribution in [0.15, 0.2) is 30.3 Å². The summed E-state index contributed by atoms with van der Waals surface area (Å²) in [6.45, 7) is 0. The first kappa shape index (κ1) is 14.5. The van der Waals surface area contributed by atoms with E-state index in [0.717, 1.165) is 0 Å². The molecule has 0 aromatic heterocycles. The highest BCUT2D eigenvalue weighted by Crippen LogP contribution is 2.17. The predicted octanol–water partition coefficient (Wildman–Crippen LogP) is 0.271. The van der Waals surface area contributed by atoms with Gasteiger partial charge in [0.05, 0.1) is 11.5 Å². The quantitative estimate of drug-likeness (QED) is 0.794. The Morgan fingerprint density at radius 1 is 1.25 bits per heavy atom. The van der Waals surface area contributed by atoms with Crippen molar-refractivity contribution in [3.05, 3.63) is 30.3 Å². The Balaban J connectivity index is 1.99. The van der Waals surface area contributed by atoms with Crippen LogP contribution in [0, 0.1) is 0 Å². The zero-order valence-corrected chi connectivity index (χ0v) is 11.9. The average Bonchev–Trinajstić information content (AvgIpc) is 2.78. The first-order chi connectivity index (χ1) is 9.39. The number of nitrogens with one attached hydrogen (secondary N) is 1. The van der Waals surface area contributed by atoms with E-state index in [-0.39, 0.29) is 11.5 Å². The molecule has 1 fully saturated rings. The number of carbonyl (C=O) groups is 2. The average molecular weight is 296 g/mol. The Bertz CT molecular complexity index is 613. The fourth-order valence-electron chi connectivity index (χ4n) is 2.11. The van der Waals surface area contributed by atoms with Gasteiger partial charge in [0.15, 0.2) is 9.84 Å². The van der Waals surface area contributed by atoms with Crippen LogP contribution in [0.5, 0.6) is 0 Å². The zero-order valence-electron chi connectivity index (χ0n) is 11.1. The second kappa shape index (κ2) is 5.62. The van der Waals surface area contributed by atoms with Crippen LogP contribution in [0.25, 0.3) is 0 Å². The third-order valence-corrected chi connectivity index (χ3v) is 5.05. The first-order valence-electron chi connectivity index (χ1n) is 6.23. The highest BCUT2D eigenvalue weighted by Gasteiger charge is 2.34. The monoisotopic (exact) mass is 296 g/mol. The van der Waals surface area contributed by atoms with Crippen molar-refractivity contribution in [1.82, 2.24) is 4.90 Å². The molecule has 1 unspecified atom stereocenters. The van der Waals surface area contributed by atoms with Crippen LogP contribution in [0.3, 0.4) is 0 Å². The van der Waals surface area contributed by atoms with Crippen molar-refractivity contribution in [3.8, 4) is 0 Å². The van der Waals surface area contributed by atoms with E-state index in [1.165, 1.54) is 11.9 Å². The van der Waals surface area contributed by atoms with Gasteiger partial charge >= 0.3 is 11.8 Å². The molecule has 1 saturated heterocycles. The lowest BCUT2D eigenvalue weighted by Gasteiger charge is -2.22. The molecule has 1 atom stereocenters. The van der Waals surface area contributed by atoms with Gasteiger partial charge in [-0.25, -0.2) is 8.42 Å². The predicted molar refractivity (Wildman–Crippen MR) is 74.9 cm³/mol. The van der Waals surface area contributed by atoms with Crippen molar-refractivity contribution in [2.24, 2.45) is 0 Å². The number of nitrogens with zero attached hydrogens (tertiary/aromatic N) is 1. The van der Waals surface area contributed by atoms with Crippen molar-refractivity contribution in [2.75, 3.05) is 23.9 Å². The summed E-state index contributed by atoms with van der Waals surface area (Å²) in [5.41, 5.74) is 0.526. The molecule has 0 saturated carbocycles. The van der Waals surface area contributed by atoms with Gasteiger partial charge in [0.2, 0.25) is 0 Å². The third-order valence-electron chi connectivity index (χ3n) is 3.30. The summed E-state index contributed by atoms with van der Waals surface area (Å²) in [5.74, 6) is -1.50. The molecule has 7 heteroatoms. The molecule has 1 aromatic carbocycles. The molecule has 2 rings (SSSR count). The van der Waals surface area contributed by atoms with Crippen molar-refractivity contribution >= 4 is 27.3 Å². The number of para-hydroxylation sites is 1. The lowest BCUT2D eigenvalue weighted by atomic mass is 10.2. The lowest BCUT2D eigenvalue weighted by Crippen LogP contribution is -2.43. The Labute approximate surface area is 117 Å². The topological polar surface area (TPSA) is 83.6 Å². The molecule has 0 radical (unpaired) electrons. The molecule has 1 heterocycles. The summed E-state index contributed by atoms with van der Waals surface area (Å²) >= 11 is 0. The van der Waals surface area contributed by atoms with E-state index in [9.17, 15) is 18.0 Å². The molecule has 1 aromatic rings. The lowest BCUT2D eigenvalue weighted by molar-refractivity contribution is -0.143. The smallest absolute Gasteiger partial charge is 0.313 e. The number of hydrogen-bond donors (Lipinski definition) is 1. The molecular formula is C13H16N2O4S. The highest BCUT2D eigenvalue weighted by atomic mass is 32.2. The van der Waals surface area contributed by atoms with Crippen LogP contribution >= 0.6 is 0 Å². The van der Waals surface area contributed by atoms with Crippen molar-refractivity contribution < 1.29 is 18.0 Å². The molecule has 20 heavy (non-hydrogen) atoms. The minimum Gasteiger partial charge on any atom is -0.333 e. The maximum Gasteiger partial charge on any atom is 0.313 e. The normalized spacial score (nSPS) is 20.4. The highest BCUT2D eigenvalue weighted by molar-refractivity contribution is 7.91. The fourth-order valence-corrected chi connectivity index (χ4v) is 3.89. The number of sulfone groups is 1. The maximum absolute atomic E-state index is 12.0. The molecule has 0 spiro atoms. The van der Waals surface area contributed by atoms with E-state index in [1.54, 1.807) is 30.3 Å². The van der Waals surface area contributed by atoms with Crippen LogP contribution in [0.1, 0.15) is 6.42 Å². The van der Waals surface area contributed by atoms with Crippen LogP contribution in [0.4, 0.5) is 5.69 Å². The Hall–Kier alpha value is -1.89. The first-order valence-corrected chi connectivity index (χ1v) is 8.05. The molecule has 0 aliphatic carbocycles. The van der Waals surface area contributed by atoms with Gasteiger partial charge in [-0.15, -0.1) is 0 Å². The number of amides is 2. The Morgan fingerprint density at radius 3 is 2.45 bits per heavy atom. The summed E-state index contributed by atoms with van der Waals surface area (Å²) in [6.07, 6.45) is 0.378. The molecule has 1 aliphatic rings. The number of likely N-dealkylation sites (N-methyl/N-ethyl adjacent to an activating group) is 1. The zero-order chi connectivity index (χ0) is 14.8. The van der Waals surface area contributed by atoms with Crippen LogP contribution < -0.4 is 5.32 Å². The third kappa shape index (κ3) is 3.36. The van der Waals surface area contributed by atoms with Gasteiger partial charge in [-0.3, -0.25) is 9.59 Å². The minimum atomic E-state index is -3.08. The summed E-state index contributed by atoms with van der Waals surface area (Å²) in [5, 5.41) is 2.49. The second-order valence-electron chi connectivity index (χ2n) is 4.79. The standard InChI is InChI=1S/C13H16N2O4S/c1-15(11-7-8-20(18,19)9-11)13(17)12(16)14-10-5-3-2-4-6-10/h2-6,11H,7-9H2,1H3,(H,14,16). The number of anilines is 1. The van der Waals surface area contributed by atoms with Crippen LogP contribution in [-0.2, 0) is 19.4 Å². The summed E-state index contributed by atoms with van der Waals surface area (Å²) in [6, 6.07) is 8.21. The SMILES string of the molecule is CN(C(=O)C(=O)Nc1ccccc1)C1CCS(=O)(=O)C1. The van der Waals surface area contributed by atoms with Gasteiger partial charge in [0.25, 0.3) is 0 Å². The number of benzene rings is 1. The second-order valence-corrected chi connectivity index (χ2v) is 7.02. The van der Waals surface area contributed by atoms with Gasteiger partial charge in [-0.2, -0.15) is 0 Å². The number of hydrogen-bond acceptors (Lipinski definition) is 4. The van der Waals surface area contributed by atoms with Gasteiger partial charge in [0.1, 0.15) is 0 Å². The van der Waals surface area contributed by atoms with Crippen molar-refractivity contribution in [1.29, 1.82) is 0 Å².